The zero-order valence-corrected chi connectivity index (χ0v) is 18.1. The van der Waals surface area contributed by atoms with Crippen LogP contribution >= 0.6 is 0 Å². The maximum absolute atomic E-state index is 13.7. The molecule has 4 heterocycles. The van der Waals surface area contributed by atoms with Crippen LogP contribution in [0.4, 0.5) is 15.9 Å². The van der Waals surface area contributed by atoms with Gasteiger partial charge in [0.25, 0.3) is 0 Å². The zero-order chi connectivity index (χ0) is 22.1. The van der Waals surface area contributed by atoms with Crippen LogP contribution in [-0.2, 0) is 11.2 Å². The Morgan fingerprint density at radius 1 is 1.06 bits per heavy atom. The minimum absolute atomic E-state index is 0.0349. The van der Waals surface area contributed by atoms with Gasteiger partial charge < -0.3 is 9.80 Å². The number of aryl methyl sites for hydroxylation is 1. The van der Waals surface area contributed by atoms with E-state index >= 15 is 0 Å². The fourth-order valence-corrected chi connectivity index (χ4v) is 4.77. The third-order valence-corrected chi connectivity index (χ3v) is 6.59. The van der Waals surface area contributed by atoms with Crippen molar-refractivity contribution in [1.82, 2.24) is 15.2 Å². The molecule has 1 atom stereocenters. The quantitative estimate of drug-likeness (QED) is 0.620. The van der Waals surface area contributed by atoms with Crippen molar-refractivity contribution in [3.8, 4) is 11.3 Å². The molecular weight excluding hydrogens is 405 g/mol. The van der Waals surface area contributed by atoms with Crippen molar-refractivity contribution in [2.24, 2.45) is 5.92 Å². The average molecular weight is 432 g/mol. The second-order valence-electron chi connectivity index (χ2n) is 8.65. The van der Waals surface area contributed by atoms with Crippen molar-refractivity contribution in [2.75, 3.05) is 22.9 Å². The van der Waals surface area contributed by atoms with Gasteiger partial charge in [-0.3, -0.25) is 9.78 Å². The molecule has 1 amide bonds. The van der Waals surface area contributed by atoms with E-state index in [1.54, 1.807) is 24.5 Å². The second kappa shape index (κ2) is 8.65. The maximum Gasteiger partial charge on any atom is 0.230 e. The monoisotopic (exact) mass is 431 g/mol. The molecule has 164 valence electrons. The minimum Gasteiger partial charge on any atom is -0.355 e. The van der Waals surface area contributed by atoms with Gasteiger partial charge in [-0.1, -0.05) is 0 Å². The number of aromatic nitrogens is 3. The molecule has 1 aromatic carbocycles. The third-order valence-electron chi connectivity index (χ3n) is 6.59. The molecule has 2 aliphatic rings. The molecule has 1 unspecified atom stereocenters. The number of anilines is 2. The van der Waals surface area contributed by atoms with Gasteiger partial charge in [0.1, 0.15) is 5.82 Å². The standard InChI is InChI=1S/C25H26FN5O/c1-17-4-5-19-15-21(26)6-8-23(19)31(17)25(32)18-10-13-30(14-11-18)24-9-7-22(28-29-24)20-3-2-12-27-16-20/h2-3,6-9,12,15-18H,4-5,10-11,13-14H2,1H3. The summed E-state index contributed by atoms with van der Waals surface area (Å²) in [5.74, 6) is 0.709. The molecule has 3 aromatic rings. The molecule has 6 nitrogen and oxygen atoms in total. The van der Waals surface area contributed by atoms with Gasteiger partial charge in [-0.15, -0.1) is 10.2 Å². The Balaban J connectivity index is 1.26. The lowest BCUT2D eigenvalue weighted by atomic mass is 9.90. The molecule has 0 bridgehead atoms. The van der Waals surface area contributed by atoms with Crippen LogP contribution < -0.4 is 9.80 Å². The molecular formula is C25H26FN5O. The van der Waals surface area contributed by atoms with Gasteiger partial charge in [-0.25, -0.2) is 4.39 Å². The lowest BCUT2D eigenvalue weighted by Gasteiger charge is -2.39. The summed E-state index contributed by atoms with van der Waals surface area (Å²) in [6, 6.07) is 12.7. The highest BCUT2D eigenvalue weighted by atomic mass is 19.1. The summed E-state index contributed by atoms with van der Waals surface area (Å²) in [6.07, 6.45) is 6.71. The molecule has 32 heavy (non-hydrogen) atoms. The van der Waals surface area contributed by atoms with E-state index in [9.17, 15) is 9.18 Å². The fourth-order valence-electron chi connectivity index (χ4n) is 4.77. The number of hydrogen-bond acceptors (Lipinski definition) is 5. The van der Waals surface area contributed by atoms with Crippen LogP contribution in [-0.4, -0.2) is 40.2 Å². The van der Waals surface area contributed by atoms with Gasteiger partial charge in [0.15, 0.2) is 5.82 Å². The molecule has 0 N–H and O–H groups in total. The Morgan fingerprint density at radius 3 is 2.62 bits per heavy atom. The Morgan fingerprint density at radius 2 is 1.91 bits per heavy atom. The number of nitrogens with zero attached hydrogens (tertiary/aromatic N) is 5. The van der Waals surface area contributed by atoms with Crippen molar-refractivity contribution in [1.29, 1.82) is 0 Å². The first-order valence-corrected chi connectivity index (χ1v) is 11.2. The highest BCUT2D eigenvalue weighted by Gasteiger charge is 2.34. The Kier molecular flexibility index (Phi) is 5.55. The predicted molar refractivity (Wildman–Crippen MR) is 122 cm³/mol. The number of fused-ring (bicyclic) bond motifs is 1. The Hall–Kier alpha value is -3.35. The zero-order valence-electron chi connectivity index (χ0n) is 18.1. The number of hydrogen-bond donors (Lipinski definition) is 0. The van der Waals surface area contributed by atoms with Crippen molar-refractivity contribution in [2.45, 2.75) is 38.6 Å². The summed E-state index contributed by atoms with van der Waals surface area (Å²) in [5, 5.41) is 8.76. The molecule has 1 saturated heterocycles. The summed E-state index contributed by atoms with van der Waals surface area (Å²) in [4.78, 5) is 21.7. The largest absolute Gasteiger partial charge is 0.355 e. The first-order chi connectivity index (χ1) is 15.6. The van der Waals surface area contributed by atoms with E-state index < -0.39 is 0 Å². The molecule has 2 aromatic heterocycles. The van der Waals surface area contributed by atoms with Gasteiger partial charge in [0.2, 0.25) is 5.91 Å². The SMILES string of the molecule is CC1CCc2cc(F)ccc2N1C(=O)C1CCN(c2ccc(-c3cccnc3)nn2)CC1. The molecule has 0 spiro atoms. The first kappa shape index (κ1) is 20.5. The first-order valence-electron chi connectivity index (χ1n) is 11.2. The number of amides is 1. The van der Waals surface area contributed by atoms with E-state index in [-0.39, 0.29) is 23.7 Å². The highest BCUT2D eigenvalue weighted by molar-refractivity contribution is 5.97. The Bertz CT molecular complexity index is 1100. The van der Waals surface area contributed by atoms with E-state index in [4.69, 9.17) is 0 Å². The number of halogens is 1. The predicted octanol–water partition coefficient (Wildman–Crippen LogP) is 4.26. The molecule has 0 saturated carbocycles. The van der Waals surface area contributed by atoms with Crippen LogP contribution in [0.5, 0.6) is 0 Å². The molecule has 0 aliphatic carbocycles. The van der Waals surface area contributed by atoms with Crippen LogP contribution in [0.2, 0.25) is 0 Å². The molecule has 1 fully saturated rings. The minimum atomic E-state index is -0.241. The van der Waals surface area contributed by atoms with E-state index in [0.717, 1.165) is 67.1 Å². The summed E-state index contributed by atoms with van der Waals surface area (Å²) in [5.41, 5.74) is 3.53. The maximum atomic E-state index is 13.7. The fraction of sp³-hybridized carbons (Fsp3) is 0.360. The van der Waals surface area contributed by atoms with Crippen LogP contribution in [0.3, 0.4) is 0 Å². The van der Waals surface area contributed by atoms with Crippen molar-refractivity contribution in [3.63, 3.8) is 0 Å². The number of benzene rings is 1. The van der Waals surface area contributed by atoms with Crippen molar-refractivity contribution >= 4 is 17.4 Å². The van der Waals surface area contributed by atoms with Gasteiger partial charge in [-0.05, 0) is 80.6 Å². The van der Waals surface area contributed by atoms with Gasteiger partial charge in [-0.2, -0.15) is 0 Å². The summed E-state index contributed by atoms with van der Waals surface area (Å²) < 4.78 is 13.7. The average Bonchev–Trinajstić information content (AvgIpc) is 2.84. The van der Waals surface area contributed by atoms with Gasteiger partial charge >= 0.3 is 0 Å². The topological polar surface area (TPSA) is 62.2 Å². The van der Waals surface area contributed by atoms with Crippen LogP contribution in [0.15, 0.2) is 54.9 Å². The highest BCUT2D eigenvalue weighted by Crippen LogP contribution is 2.34. The number of piperidine rings is 1. The normalized spacial score (nSPS) is 19.0. The molecule has 0 radical (unpaired) electrons. The summed E-state index contributed by atoms with van der Waals surface area (Å²) in [6.45, 7) is 3.60. The second-order valence-corrected chi connectivity index (χ2v) is 8.65. The van der Waals surface area contributed by atoms with E-state index in [2.05, 4.69) is 27.0 Å². The van der Waals surface area contributed by atoms with E-state index in [0.29, 0.717) is 0 Å². The lowest BCUT2D eigenvalue weighted by Crippen LogP contribution is -2.48. The van der Waals surface area contributed by atoms with E-state index in [1.807, 2.05) is 29.2 Å². The Labute approximate surface area is 187 Å². The lowest BCUT2D eigenvalue weighted by molar-refractivity contribution is -0.123. The molecule has 5 rings (SSSR count). The number of carbonyl (C=O) groups excluding carboxylic acids is 1. The smallest absolute Gasteiger partial charge is 0.230 e. The van der Waals surface area contributed by atoms with E-state index in [1.165, 1.54) is 6.07 Å². The van der Waals surface area contributed by atoms with Gasteiger partial charge in [0.05, 0.1) is 5.69 Å². The number of pyridine rings is 1. The number of rotatable bonds is 3. The third kappa shape index (κ3) is 3.95. The van der Waals surface area contributed by atoms with Crippen LogP contribution in [0, 0.1) is 11.7 Å². The molecule has 2 aliphatic heterocycles. The van der Waals surface area contributed by atoms with Crippen LogP contribution in [0.25, 0.3) is 11.3 Å². The van der Waals surface area contributed by atoms with Crippen LogP contribution in [0.1, 0.15) is 31.7 Å². The summed E-state index contributed by atoms with van der Waals surface area (Å²) in [7, 11) is 0. The van der Waals surface area contributed by atoms with Crippen molar-refractivity contribution in [3.05, 3.63) is 66.2 Å². The number of carbonyl (C=O) groups is 1. The summed E-state index contributed by atoms with van der Waals surface area (Å²) >= 11 is 0. The van der Waals surface area contributed by atoms with Crippen molar-refractivity contribution < 1.29 is 9.18 Å². The van der Waals surface area contributed by atoms with Gasteiger partial charge in [0, 0.05) is 48.7 Å². The molecule has 7 heteroatoms.